The van der Waals surface area contributed by atoms with Crippen molar-refractivity contribution in [2.24, 2.45) is 46.5 Å². The van der Waals surface area contributed by atoms with Crippen molar-refractivity contribution in [3.63, 3.8) is 0 Å². The number of piperidine rings is 1. The summed E-state index contributed by atoms with van der Waals surface area (Å²) < 4.78 is 66.4. The van der Waals surface area contributed by atoms with Crippen LogP contribution in [0, 0.1) is 60.2 Å². The minimum atomic E-state index is -4.55. The van der Waals surface area contributed by atoms with Crippen LogP contribution in [-0.2, 0) is 37.6 Å². The summed E-state index contributed by atoms with van der Waals surface area (Å²) >= 11 is 0. The van der Waals surface area contributed by atoms with Crippen molar-refractivity contribution in [2.75, 3.05) is 13.1 Å². The molecule has 10 amide bonds. The first kappa shape index (κ1) is 110. The summed E-state index contributed by atoms with van der Waals surface area (Å²) in [4.78, 5) is 118. The van der Waals surface area contributed by atoms with Gasteiger partial charge in [0.2, 0.25) is 27.7 Å². The van der Waals surface area contributed by atoms with Crippen LogP contribution in [0.25, 0.3) is 0 Å². The molecule has 2 heterocycles. The normalized spacial score (nSPS) is 18.4. The smallest absolute Gasteiger partial charge is 0.349 e. The molecule has 8 aromatic rings. The van der Waals surface area contributed by atoms with Crippen LogP contribution in [0.15, 0.2) is 175 Å². The van der Waals surface area contributed by atoms with Gasteiger partial charge in [-0.05, 0) is 334 Å². The van der Waals surface area contributed by atoms with Gasteiger partial charge in [0, 0.05) is 68.9 Å². The maximum Gasteiger partial charge on any atom is 0.416 e. The second-order valence-electron chi connectivity index (χ2n) is 38.4. The molecule has 1 aliphatic heterocycles. The minimum Gasteiger partial charge on any atom is -0.349 e. The molecule has 742 valence electrons. The summed E-state index contributed by atoms with van der Waals surface area (Å²) in [7, 11) is -2.23. The molecule has 1 saturated heterocycles. The summed E-state index contributed by atoms with van der Waals surface area (Å²) in [5.41, 5.74) is 19.3. The van der Waals surface area contributed by atoms with Gasteiger partial charge in [0.05, 0.1) is 34.6 Å². The van der Waals surface area contributed by atoms with Gasteiger partial charge in [0.15, 0.2) is 0 Å². The number of aryl methyl sites for hydroxylation is 4. The van der Waals surface area contributed by atoms with Crippen LogP contribution >= 0.6 is 0 Å². The molecule has 5 saturated carbocycles. The lowest BCUT2D eigenvalue weighted by molar-refractivity contribution is -0.147. The van der Waals surface area contributed by atoms with Crippen molar-refractivity contribution in [3.05, 3.63) is 265 Å². The van der Waals surface area contributed by atoms with Crippen molar-refractivity contribution >= 4 is 69.1 Å². The molecule has 6 atom stereocenters. The number of amides is 10. The number of nitrogens with zero attached hydrogens (tertiary/aromatic N) is 1. The highest BCUT2D eigenvalue weighted by Gasteiger charge is 2.55. The number of alkyl halides is 3. The number of benzene rings is 7. The minimum absolute atomic E-state index is 0.0263. The van der Waals surface area contributed by atoms with Gasteiger partial charge in [-0.15, -0.1) is 0 Å². The second-order valence-corrected chi connectivity index (χ2v) is 40.2. The molecule has 4 unspecified atom stereocenters. The Morgan fingerprint density at radius 1 is 0.445 bits per heavy atom. The largest absolute Gasteiger partial charge is 0.416 e. The number of carbonyl (C=O) groups is 10. The van der Waals surface area contributed by atoms with Gasteiger partial charge in [0.25, 0.3) is 41.4 Å². The average molecular weight is 1920 g/mol. The third kappa shape index (κ3) is 30.7. The molecule has 137 heavy (non-hydrogen) atoms. The summed E-state index contributed by atoms with van der Waals surface area (Å²) in [6.07, 6.45) is 15.5. The number of halogens is 3. The number of sulfonamides is 1. The van der Waals surface area contributed by atoms with Gasteiger partial charge < -0.3 is 31.2 Å². The summed E-state index contributed by atoms with van der Waals surface area (Å²) in [6, 6.07) is 41.0. The van der Waals surface area contributed by atoms with Gasteiger partial charge in [-0.3, -0.25) is 79.2 Å². The number of hydrogen-bond acceptors (Lipinski definition) is 19. The number of carbonyl (C=O) groups excluding carboxylic acids is 10. The Bertz CT molecular complexity index is 5570. The molecule has 0 radical (unpaired) electrons. The Labute approximate surface area is 799 Å². The first-order chi connectivity index (χ1) is 64.5. The molecular weight excluding hydrogens is 1780 g/mol. The number of aromatic nitrogens is 1. The Kier molecular flexibility index (Phi) is 39.7. The molecule has 4 bridgehead atoms. The lowest BCUT2D eigenvalue weighted by Crippen LogP contribution is -2.53. The molecule has 1 aromatic heterocycles. The van der Waals surface area contributed by atoms with Crippen LogP contribution in [0.5, 0.6) is 0 Å². The third-order valence-electron chi connectivity index (χ3n) is 26.8. The van der Waals surface area contributed by atoms with Gasteiger partial charge in [0.1, 0.15) is 5.69 Å². The highest BCUT2D eigenvalue weighted by Crippen LogP contribution is 2.60. The van der Waals surface area contributed by atoms with Gasteiger partial charge in [-0.25, -0.2) is 46.0 Å². The lowest BCUT2D eigenvalue weighted by atomic mass is 9.49. The maximum atomic E-state index is 13.2. The SMILES string of the molecule is CC(NS(=O)(=O)c1ccc(C(F)(F)F)cc1)c1ccc(C(=O)NO)cc1.C[C@@H](CCC1(C)CCCCC1)c1ccc(C(=O)NO)cc1.C[C@@H](NC(=O)C1(C)CCNCC1)c1ccc(C(=O)NO)cc1.Cc1cc(C(=O)NO)ccc1C(C)NC(=O)C(C)(C)C.Cc1cc(C(=O)NO)ccc1C(C)NC(=O)C12CC3CC(CC(C3)C1)C2.Cc1cc(C(=O)NO)ccc1C(C)NC(=O)c1cccn1C. The standard InChI is InChI=1S/C21H28N2O3.C18H27NO2.C16H15F3N2O4S.C16H19N3O3.C16H23N3O3.C15H22N2O3/c1-12-5-17(19(24)23-26)3-4-18(12)13(2)22-20(25)21-9-14-6-15(10-21)8-16(7-14)11-21;1-14(10-13-18(2)11-4-3-5-12-18)15-6-8-16(9-7-15)17(20)19-21;1-10(11-2-4-12(5-3-11)15(22)20-23)21-26(24,25)14-8-6-13(7-9-14)16(17,18)19;1-10-9-12(15(20)18-22)6-7-13(10)11(2)17-16(21)14-5-4-8-19(14)3;1-11(12-3-5-13(6-4-12)14(20)19-22)18-15(21)16(2)7-9-17-10-8-16;1-9-8-11(13(18)17-20)6-7-12(9)10(2)16-14(19)15(3,4)5/h3-5,13-16,26H,6-11H2,1-2H3,(H,22,25)(H,23,24);6-9,14,21H,3-5,10-13H2,1-2H3,(H,19,20);2-10,21,23H,1H3,(H,20,22);4-9,11,22H,1-3H3,(H,17,21)(H,18,20);3-6,11,17,22H,7-10H2,1-2H3,(H,18,21)(H,19,20);6-8,10,20H,1-5H3,(H,16,19)(H,17,18)/t;14-;;;11-;/m.0..1./s1. The summed E-state index contributed by atoms with van der Waals surface area (Å²) in [5, 5.41) is 67.3. The average Bonchev–Trinajstić information content (AvgIpc) is 0.767. The van der Waals surface area contributed by atoms with E-state index in [-0.39, 0.29) is 69.1 Å². The second kappa shape index (κ2) is 49.3. The monoisotopic (exact) mass is 1920 g/mol. The lowest BCUT2D eigenvalue weighted by Gasteiger charge is -2.55. The Balaban J connectivity index is 0.000000202. The van der Waals surface area contributed by atoms with Crippen LogP contribution in [0.3, 0.4) is 0 Å². The molecule has 6 fully saturated rings. The van der Waals surface area contributed by atoms with E-state index in [1.807, 2.05) is 114 Å². The zero-order valence-electron chi connectivity index (χ0n) is 80.5. The number of nitrogens with one attached hydrogen (secondary N) is 12. The van der Waals surface area contributed by atoms with E-state index in [1.165, 1.54) is 99.5 Å². The van der Waals surface area contributed by atoms with E-state index < -0.39 is 68.7 Å². The predicted molar refractivity (Wildman–Crippen MR) is 509 cm³/mol. The van der Waals surface area contributed by atoms with E-state index in [2.05, 4.69) is 45.2 Å². The molecule has 7 aromatic carbocycles. The van der Waals surface area contributed by atoms with Gasteiger partial charge in [-0.2, -0.15) is 13.2 Å². The van der Waals surface area contributed by atoms with E-state index in [0.29, 0.717) is 62.5 Å². The first-order valence-electron chi connectivity index (χ1n) is 46.1. The summed E-state index contributed by atoms with van der Waals surface area (Å²) in [6.45, 7) is 28.9. The summed E-state index contributed by atoms with van der Waals surface area (Å²) in [5.74, 6) is -0.483. The highest BCUT2D eigenvalue weighted by atomic mass is 32.2. The van der Waals surface area contributed by atoms with Crippen molar-refractivity contribution in [2.45, 2.75) is 240 Å². The molecular formula is C102H134F3N13O18S. The maximum absolute atomic E-state index is 13.2. The fourth-order valence-electron chi connectivity index (χ4n) is 18.7. The van der Waals surface area contributed by atoms with Crippen molar-refractivity contribution < 1.29 is 101 Å². The van der Waals surface area contributed by atoms with Gasteiger partial charge in [-0.1, -0.05) is 115 Å². The first-order valence-corrected chi connectivity index (χ1v) is 47.6. The Morgan fingerprint density at radius 3 is 1.18 bits per heavy atom. The van der Waals surface area contributed by atoms with E-state index in [0.717, 1.165) is 114 Å². The van der Waals surface area contributed by atoms with Crippen LogP contribution in [0.4, 0.5) is 13.2 Å². The zero-order chi connectivity index (χ0) is 101. The van der Waals surface area contributed by atoms with Crippen molar-refractivity contribution in [1.82, 2.24) is 68.8 Å². The number of hydrogen-bond donors (Lipinski definition) is 18. The quantitative estimate of drug-likeness (QED) is 0.0187. The number of rotatable bonds is 25. The van der Waals surface area contributed by atoms with Crippen LogP contribution in [0.1, 0.15) is 337 Å². The molecule has 31 nitrogen and oxygen atoms in total. The number of hydroxylamine groups is 6. The molecule has 0 spiro atoms. The van der Waals surface area contributed by atoms with E-state index in [1.54, 1.807) is 130 Å². The van der Waals surface area contributed by atoms with E-state index in [9.17, 15) is 69.5 Å². The van der Waals surface area contributed by atoms with Crippen molar-refractivity contribution in [1.29, 1.82) is 0 Å². The van der Waals surface area contributed by atoms with Crippen molar-refractivity contribution in [3.8, 4) is 0 Å². The third-order valence-corrected chi connectivity index (χ3v) is 28.3. The fraction of sp³-hybridized carbons (Fsp3) is 0.451. The van der Waals surface area contributed by atoms with Crippen LogP contribution in [0.2, 0.25) is 0 Å². The molecule has 35 heteroatoms. The van der Waals surface area contributed by atoms with Crippen LogP contribution in [-0.4, -0.2) is 116 Å². The van der Waals surface area contributed by atoms with E-state index >= 15 is 0 Å². The predicted octanol–water partition coefficient (Wildman–Crippen LogP) is 16.7. The molecule has 14 rings (SSSR count). The van der Waals surface area contributed by atoms with Crippen LogP contribution < -0.4 is 64.2 Å². The molecule has 18 N–H and O–H groups in total. The molecule has 6 aliphatic rings. The Hall–Kier alpha value is -12.1. The topological polar surface area (TPSA) is 476 Å². The Morgan fingerprint density at radius 2 is 0.810 bits per heavy atom. The zero-order valence-corrected chi connectivity index (χ0v) is 81.3. The highest BCUT2D eigenvalue weighted by molar-refractivity contribution is 7.89. The van der Waals surface area contributed by atoms with E-state index in [4.69, 9.17) is 31.2 Å². The fourth-order valence-corrected chi connectivity index (χ4v) is 19.9. The molecule has 5 aliphatic carbocycles. The van der Waals surface area contributed by atoms with Gasteiger partial charge >= 0.3 is 6.18 Å².